The van der Waals surface area contributed by atoms with Crippen LogP contribution in [0.2, 0.25) is 0 Å². The molecule has 7 nitrogen and oxygen atoms in total. The fourth-order valence-corrected chi connectivity index (χ4v) is 2.87. The van der Waals surface area contributed by atoms with Gasteiger partial charge in [-0.2, -0.15) is 5.10 Å². The molecule has 126 valence electrons. The van der Waals surface area contributed by atoms with Crippen LogP contribution < -0.4 is 5.32 Å². The second-order valence-corrected chi connectivity index (χ2v) is 5.90. The molecule has 0 unspecified atom stereocenters. The molecule has 24 heavy (non-hydrogen) atoms. The van der Waals surface area contributed by atoms with E-state index in [1.807, 2.05) is 30.3 Å². The van der Waals surface area contributed by atoms with E-state index in [1.165, 1.54) is 0 Å². The molecule has 0 aliphatic carbocycles. The van der Waals surface area contributed by atoms with Crippen molar-refractivity contribution in [3.05, 3.63) is 48.3 Å². The lowest BCUT2D eigenvalue weighted by atomic mass is 9.86. The zero-order valence-corrected chi connectivity index (χ0v) is 13.1. The first-order valence-electron chi connectivity index (χ1n) is 7.81. The van der Waals surface area contributed by atoms with Crippen molar-refractivity contribution in [1.82, 2.24) is 15.1 Å². The van der Waals surface area contributed by atoms with E-state index in [9.17, 15) is 9.59 Å². The number of aliphatic carboxylic acids is 1. The largest absolute Gasteiger partial charge is 0.481 e. The number of nitrogens with zero attached hydrogens (tertiary/aromatic N) is 2. The predicted octanol–water partition coefficient (Wildman–Crippen LogP) is 1.63. The van der Waals surface area contributed by atoms with Crippen LogP contribution in [0, 0.1) is 0 Å². The van der Waals surface area contributed by atoms with Crippen LogP contribution in [0.3, 0.4) is 0 Å². The maximum atomic E-state index is 12.5. The Morgan fingerprint density at radius 2 is 1.92 bits per heavy atom. The molecule has 1 aromatic heterocycles. The second kappa shape index (κ2) is 6.84. The Morgan fingerprint density at radius 1 is 1.21 bits per heavy atom. The van der Waals surface area contributed by atoms with Crippen molar-refractivity contribution in [2.75, 3.05) is 13.2 Å². The Hall–Kier alpha value is -2.67. The summed E-state index contributed by atoms with van der Waals surface area (Å²) in [4.78, 5) is 23.7. The Bertz CT molecular complexity index is 720. The van der Waals surface area contributed by atoms with Crippen molar-refractivity contribution in [3.63, 3.8) is 0 Å². The summed E-state index contributed by atoms with van der Waals surface area (Å²) >= 11 is 0. The number of carboxylic acids is 1. The highest BCUT2D eigenvalue weighted by atomic mass is 16.5. The van der Waals surface area contributed by atoms with Crippen LogP contribution in [-0.4, -0.2) is 45.5 Å². The normalized spacial score (nSPS) is 16.5. The van der Waals surface area contributed by atoms with Gasteiger partial charge in [0.05, 0.1) is 17.6 Å². The van der Waals surface area contributed by atoms with Crippen LogP contribution in [0.25, 0.3) is 5.69 Å². The van der Waals surface area contributed by atoms with E-state index in [4.69, 9.17) is 9.84 Å². The van der Waals surface area contributed by atoms with Gasteiger partial charge in [-0.05, 0) is 31.0 Å². The van der Waals surface area contributed by atoms with Crippen molar-refractivity contribution < 1.29 is 19.4 Å². The highest BCUT2D eigenvalue weighted by molar-refractivity contribution is 5.93. The minimum Gasteiger partial charge on any atom is -0.481 e. The number of carboxylic acid groups (broad SMARTS) is 1. The molecule has 7 heteroatoms. The number of rotatable bonds is 5. The lowest BCUT2D eigenvalue weighted by molar-refractivity contribution is -0.139. The number of carbonyl (C=O) groups is 2. The summed E-state index contributed by atoms with van der Waals surface area (Å²) in [6.45, 7) is 0.873. The van der Waals surface area contributed by atoms with Gasteiger partial charge in [0, 0.05) is 19.4 Å². The summed E-state index contributed by atoms with van der Waals surface area (Å²) in [5.41, 5.74) is 0.329. The lowest BCUT2D eigenvalue weighted by Gasteiger charge is -2.36. The first kappa shape index (κ1) is 16.2. The quantitative estimate of drug-likeness (QED) is 0.869. The van der Waals surface area contributed by atoms with Crippen molar-refractivity contribution in [1.29, 1.82) is 0 Å². The Labute approximate surface area is 139 Å². The van der Waals surface area contributed by atoms with Gasteiger partial charge in [0.15, 0.2) is 5.69 Å². The van der Waals surface area contributed by atoms with Crippen LogP contribution in [-0.2, 0) is 9.53 Å². The van der Waals surface area contributed by atoms with Gasteiger partial charge < -0.3 is 15.2 Å². The molecule has 1 aromatic carbocycles. The number of para-hydroxylation sites is 1. The molecule has 3 rings (SSSR count). The standard InChI is InChI=1S/C17H19N3O4/c21-15(22)12-17(7-10-24-11-8-17)18-16(23)14-6-9-20(19-14)13-4-2-1-3-5-13/h1-6,9H,7-8,10-12H2,(H,18,23)(H,21,22). The number of nitrogens with one attached hydrogen (secondary N) is 1. The third kappa shape index (κ3) is 3.62. The molecule has 1 amide bonds. The highest BCUT2D eigenvalue weighted by Crippen LogP contribution is 2.25. The average molecular weight is 329 g/mol. The van der Waals surface area contributed by atoms with Gasteiger partial charge in [0.2, 0.25) is 0 Å². The highest BCUT2D eigenvalue weighted by Gasteiger charge is 2.37. The molecule has 2 N–H and O–H groups in total. The summed E-state index contributed by atoms with van der Waals surface area (Å²) in [5.74, 6) is -1.31. The van der Waals surface area contributed by atoms with Crippen LogP contribution in [0.1, 0.15) is 29.8 Å². The van der Waals surface area contributed by atoms with Crippen molar-refractivity contribution in [2.45, 2.75) is 24.8 Å². The monoisotopic (exact) mass is 329 g/mol. The van der Waals surface area contributed by atoms with Gasteiger partial charge >= 0.3 is 5.97 Å². The predicted molar refractivity (Wildman–Crippen MR) is 86.1 cm³/mol. The second-order valence-electron chi connectivity index (χ2n) is 5.90. The van der Waals surface area contributed by atoms with E-state index in [0.29, 0.717) is 26.1 Å². The van der Waals surface area contributed by atoms with Crippen LogP contribution in [0.15, 0.2) is 42.6 Å². The minimum absolute atomic E-state index is 0.124. The van der Waals surface area contributed by atoms with E-state index in [1.54, 1.807) is 16.9 Å². The molecular weight excluding hydrogens is 310 g/mol. The molecule has 2 aromatic rings. The molecular formula is C17H19N3O4. The maximum Gasteiger partial charge on any atom is 0.305 e. The van der Waals surface area contributed by atoms with E-state index in [2.05, 4.69) is 10.4 Å². The number of aromatic nitrogens is 2. The molecule has 1 saturated heterocycles. The van der Waals surface area contributed by atoms with Crippen LogP contribution in [0.4, 0.5) is 0 Å². The molecule has 1 fully saturated rings. The smallest absolute Gasteiger partial charge is 0.305 e. The number of ether oxygens (including phenoxy) is 1. The third-order valence-corrected chi connectivity index (χ3v) is 4.16. The van der Waals surface area contributed by atoms with Gasteiger partial charge in [-0.1, -0.05) is 18.2 Å². The summed E-state index contributed by atoms with van der Waals surface area (Å²) in [7, 11) is 0. The zero-order valence-electron chi connectivity index (χ0n) is 13.1. The van der Waals surface area contributed by atoms with E-state index >= 15 is 0 Å². The first-order valence-corrected chi connectivity index (χ1v) is 7.81. The van der Waals surface area contributed by atoms with E-state index in [-0.39, 0.29) is 18.0 Å². The fourth-order valence-electron chi connectivity index (χ4n) is 2.87. The maximum absolute atomic E-state index is 12.5. The van der Waals surface area contributed by atoms with Gasteiger partial charge in [-0.15, -0.1) is 0 Å². The van der Waals surface area contributed by atoms with Crippen LogP contribution in [0.5, 0.6) is 0 Å². The number of carbonyl (C=O) groups excluding carboxylic acids is 1. The van der Waals surface area contributed by atoms with Crippen molar-refractivity contribution in [3.8, 4) is 5.69 Å². The lowest BCUT2D eigenvalue weighted by Crippen LogP contribution is -2.53. The molecule has 1 aliphatic heterocycles. The van der Waals surface area contributed by atoms with Gasteiger partial charge in [-0.3, -0.25) is 9.59 Å². The molecule has 0 radical (unpaired) electrons. The molecule has 2 heterocycles. The van der Waals surface area contributed by atoms with E-state index < -0.39 is 11.5 Å². The summed E-state index contributed by atoms with van der Waals surface area (Å²) in [6.07, 6.45) is 2.54. The molecule has 0 saturated carbocycles. The van der Waals surface area contributed by atoms with Crippen molar-refractivity contribution >= 4 is 11.9 Å². The SMILES string of the molecule is O=C(O)CC1(NC(=O)c2ccn(-c3ccccc3)n2)CCOCC1. The zero-order chi connectivity index (χ0) is 17.0. The minimum atomic E-state index is -0.938. The van der Waals surface area contributed by atoms with Gasteiger partial charge in [-0.25, -0.2) is 4.68 Å². The molecule has 0 atom stereocenters. The summed E-state index contributed by atoms with van der Waals surface area (Å²) in [6, 6.07) is 11.1. The number of hydrogen-bond donors (Lipinski definition) is 2. The number of amides is 1. The van der Waals surface area contributed by atoms with Gasteiger partial charge in [0.25, 0.3) is 5.91 Å². The van der Waals surface area contributed by atoms with Gasteiger partial charge in [0.1, 0.15) is 0 Å². The molecule has 0 spiro atoms. The van der Waals surface area contributed by atoms with Crippen molar-refractivity contribution in [2.24, 2.45) is 0 Å². The summed E-state index contributed by atoms with van der Waals surface area (Å²) < 4.78 is 6.91. The molecule has 0 bridgehead atoms. The number of hydrogen-bond acceptors (Lipinski definition) is 4. The summed E-state index contributed by atoms with van der Waals surface area (Å²) in [5, 5.41) is 16.3. The van der Waals surface area contributed by atoms with Crippen LogP contribution >= 0.6 is 0 Å². The third-order valence-electron chi connectivity index (χ3n) is 4.16. The van der Waals surface area contributed by atoms with E-state index in [0.717, 1.165) is 5.69 Å². The Kier molecular flexibility index (Phi) is 4.61. The Balaban J connectivity index is 1.76. The number of benzene rings is 1. The fraction of sp³-hybridized carbons (Fsp3) is 0.353. The average Bonchev–Trinajstić information content (AvgIpc) is 3.06. The Morgan fingerprint density at radius 3 is 2.58 bits per heavy atom. The topological polar surface area (TPSA) is 93.5 Å². The first-order chi connectivity index (χ1) is 11.6. The molecule has 1 aliphatic rings.